The van der Waals surface area contributed by atoms with Gasteiger partial charge < -0.3 is 5.11 Å². The van der Waals surface area contributed by atoms with Gasteiger partial charge in [-0.15, -0.1) is 11.3 Å². The summed E-state index contributed by atoms with van der Waals surface area (Å²) in [4.78, 5) is 17.8. The average molecular weight is 294 g/mol. The van der Waals surface area contributed by atoms with Crippen LogP contribution in [0.2, 0.25) is 0 Å². The molecule has 1 unspecified atom stereocenters. The molecule has 110 valence electrons. The molecule has 1 aromatic rings. The highest BCUT2D eigenvalue weighted by Gasteiger charge is 2.29. The Morgan fingerprint density at radius 3 is 3.00 bits per heavy atom. The predicted molar refractivity (Wildman–Crippen MR) is 80.5 cm³/mol. The summed E-state index contributed by atoms with van der Waals surface area (Å²) < 4.78 is 0. The lowest BCUT2D eigenvalue weighted by molar-refractivity contribution is 0.0456. The predicted octanol–water partition coefficient (Wildman–Crippen LogP) is 2.42. The molecule has 1 N–H and O–H groups in total. The minimum absolute atomic E-state index is 0.466. The van der Waals surface area contributed by atoms with Gasteiger partial charge in [0, 0.05) is 37.1 Å². The third-order valence-electron chi connectivity index (χ3n) is 4.55. The van der Waals surface area contributed by atoms with Gasteiger partial charge in [0.05, 0.1) is 0 Å². The number of aromatic carboxylic acids is 1. The molecular formula is C15H22N2O2S. The SMILES string of the molecule is Cc1sc(C(=O)O)cc1CN1CCN2CCCCC2C1. The van der Waals surface area contributed by atoms with Crippen LogP contribution >= 0.6 is 11.3 Å². The number of thiophene rings is 1. The van der Waals surface area contributed by atoms with Gasteiger partial charge in [0.2, 0.25) is 0 Å². The normalized spacial score (nSPS) is 24.6. The zero-order chi connectivity index (χ0) is 14.1. The van der Waals surface area contributed by atoms with Crippen molar-refractivity contribution in [3.05, 3.63) is 21.4 Å². The van der Waals surface area contributed by atoms with Gasteiger partial charge in [0.1, 0.15) is 4.88 Å². The summed E-state index contributed by atoms with van der Waals surface area (Å²) in [5, 5.41) is 9.07. The van der Waals surface area contributed by atoms with Crippen LogP contribution in [-0.4, -0.2) is 53.1 Å². The van der Waals surface area contributed by atoms with Crippen molar-refractivity contribution in [2.75, 3.05) is 26.2 Å². The number of carboxylic acids is 1. The molecule has 3 heterocycles. The maximum atomic E-state index is 11.0. The van der Waals surface area contributed by atoms with Crippen molar-refractivity contribution in [1.82, 2.24) is 9.80 Å². The van der Waals surface area contributed by atoms with Crippen LogP contribution in [0.5, 0.6) is 0 Å². The lowest BCUT2D eigenvalue weighted by Gasteiger charge is -2.44. The first kappa shape index (κ1) is 14.0. The Kier molecular flexibility index (Phi) is 4.10. The summed E-state index contributed by atoms with van der Waals surface area (Å²) in [6.45, 7) is 7.61. The molecule has 2 saturated heterocycles. The zero-order valence-corrected chi connectivity index (χ0v) is 12.8. The van der Waals surface area contributed by atoms with Crippen molar-refractivity contribution in [3.63, 3.8) is 0 Å². The first-order chi connectivity index (χ1) is 9.63. The molecule has 2 aliphatic rings. The van der Waals surface area contributed by atoms with E-state index in [1.807, 2.05) is 13.0 Å². The Balaban J connectivity index is 1.64. The number of rotatable bonds is 3. The number of carboxylic acid groups (broad SMARTS) is 1. The van der Waals surface area contributed by atoms with Crippen LogP contribution in [-0.2, 0) is 6.54 Å². The lowest BCUT2D eigenvalue weighted by atomic mass is 9.99. The fourth-order valence-electron chi connectivity index (χ4n) is 3.39. The fourth-order valence-corrected chi connectivity index (χ4v) is 4.26. The van der Waals surface area contributed by atoms with Gasteiger partial charge in [-0.2, -0.15) is 0 Å². The second kappa shape index (κ2) is 5.84. The van der Waals surface area contributed by atoms with Crippen molar-refractivity contribution in [2.24, 2.45) is 0 Å². The monoisotopic (exact) mass is 294 g/mol. The topological polar surface area (TPSA) is 43.8 Å². The second-order valence-electron chi connectivity index (χ2n) is 5.92. The number of piperazine rings is 1. The summed E-state index contributed by atoms with van der Waals surface area (Å²) in [5.74, 6) is -0.804. The van der Waals surface area contributed by atoms with Gasteiger partial charge in [-0.1, -0.05) is 6.42 Å². The van der Waals surface area contributed by atoms with E-state index < -0.39 is 5.97 Å². The van der Waals surface area contributed by atoms with Gasteiger partial charge in [-0.3, -0.25) is 9.80 Å². The number of fused-ring (bicyclic) bond motifs is 1. The minimum Gasteiger partial charge on any atom is -0.477 e. The summed E-state index contributed by atoms with van der Waals surface area (Å²) in [6, 6.07) is 2.57. The van der Waals surface area contributed by atoms with E-state index in [-0.39, 0.29) is 0 Å². The van der Waals surface area contributed by atoms with Gasteiger partial charge in [0.25, 0.3) is 0 Å². The van der Waals surface area contributed by atoms with E-state index in [9.17, 15) is 4.79 Å². The van der Waals surface area contributed by atoms with Crippen LogP contribution in [0.3, 0.4) is 0 Å². The minimum atomic E-state index is -0.804. The fraction of sp³-hybridized carbons (Fsp3) is 0.667. The second-order valence-corrected chi connectivity index (χ2v) is 7.17. The van der Waals surface area contributed by atoms with Gasteiger partial charge in [0.15, 0.2) is 0 Å². The molecule has 4 nitrogen and oxygen atoms in total. The molecule has 0 aliphatic carbocycles. The van der Waals surface area contributed by atoms with Crippen LogP contribution < -0.4 is 0 Å². The highest BCUT2D eigenvalue weighted by Crippen LogP contribution is 2.26. The van der Waals surface area contributed by atoms with E-state index in [1.165, 1.54) is 49.3 Å². The molecule has 0 amide bonds. The first-order valence-electron chi connectivity index (χ1n) is 7.42. The molecule has 0 spiro atoms. The molecule has 1 aromatic heterocycles. The zero-order valence-electron chi connectivity index (χ0n) is 12.0. The number of carbonyl (C=O) groups is 1. The summed E-state index contributed by atoms with van der Waals surface area (Å²) in [5.41, 5.74) is 1.19. The molecule has 2 aliphatic heterocycles. The molecule has 1 atom stereocenters. The van der Waals surface area contributed by atoms with E-state index in [4.69, 9.17) is 5.11 Å². The number of nitrogens with zero attached hydrogens (tertiary/aromatic N) is 2. The van der Waals surface area contributed by atoms with Crippen LogP contribution in [0.25, 0.3) is 0 Å². The van der Waals surface area contributed by atoms with Gasteiger partial charge >= 0.3 is 5.97 Å². The van der Waals surface area contributed by atoms with Crippen LogP contribution in [0.4, 0.5) is 0 Å². The number of piperidine rings is 1. The Labute approximate surface area is 124 Å². The Morgan fingerprint density at radius 1 is 1.40 bits per heavy atom. The van der Waals surface area contributed by atoms with E-state index >= 15 is 0 Å². The van der Waals surface area contributed by atoms with Gasteiger partial charge in [-0.25, -0.2) is 4.79 Å². The van der Waals surface area contributed by atoms with Crippen LogP contribution in [0, 0.1) is 6.92 Å². The average Bonchev–Trinajstić information content (AvgIpc) is 2.80. The Hall–Kier alpha value is -0.910. The highest BCUT2D eigenvalue weighted by molar-refractivity contribution is 7.14. The van der Waals surface area contributed by atoms with Crippen molar-refractivity contribution in [3.8, 4) is 0 Å². The maximum absolute atomic E-state index is 11.0. The standard InChI is InChI=1S/C15H22N2O2S/c1-11-12(8-14(20-11)15(18)19)9-16-6-7-17-5-3-2-4-13(17)10-16/h8,13H,2-7,9-10H2,1H3,(H,18,19). The molecular weight excluding hydrogens is 272 g/mol. The molecule has 0 radical (unpaired) electrons. The van der Waals surface area contributed by atoms with E-state index in [2.05, 4.69) is 9.80 Å². The van der Waals surface area contributed by atoms with Crippen molar-refractivity contribution < 1.29 is 9.90 Å². The van der Waals surface area contributed by atoms with Gasteiger partial charge in [-0.05, 0) is 37.9 Å². The molecule has 0 saturated carbocycles. The number of hydrogen-bond acceptors (Lipinski definition) is 4. The molecule has 20 heavy (non-hydrogen) atoms. The Bertz CT molecular complexity index is 500. The van der Waals surface area contributed by atoms with Crippen LogP contribution in [0.15, 0.2) is 6.07 Å². The summed E-state index contributed by atoms with van der Waals surface area (Å²) >= 11 is 1.40. The lowest BCUT2D eigenvalue weighted by Crippen LogP contribution is -2.54. The third kappa shape index (κ3) is 2.90. The van der Waals surface area contributed by atoms with E-state index in [0.717, 1.165) is 30.6 Å². The maximum Gasteiger partial charge on any atom is 0.345 e. The third-order valence-corrected chi connectivity index (χ3v) is 5.63. The molecule has 2 fully saturated rings. The van der Waals surface area contributed by atoms with Crippen LogP contribution in [0.1, 0.15) is 39.4 Å². The summed E-state index contributed by atoms with van der Waals surface area (Å²) in [6.07, 6.45) is 4.03. The number of hydrogen-bond donors (Lipinski definition) is 1. The Morgan fingerprint density at radius 2 is 2.25 bits per heavy atom. The summed E-state index contributed by atoms with van der Waals surface area (Å²) in [7, 11) is 0. The van der Waals surface area contributed by atoms with Crippen molar-refractivity contribution in [2.45, 2.75) is 38.8 Å². The number of aryl methyl sites for hydroxylation is 1. The molecule has 5 heteroatoms. The first-order valence-corrected chi connectivity index (χ1v) is 8.24. The smallest absolute Gasteiger partial charge is 0.345 e. The van der Waals surface area contributed by atoms with Crippen molar-refractivity contribution >= 4 is 17.3 Å². The molecule has 3 rings (SSSR count). The van der Waals surface area contributed by atoms with Crippen molar-refractivity contribution in [1.29, 1.82) is 0 Å². The largest absolute Gasteiger partial charge is 0.477 e. The van der Waals surface area contributed by atoms with E-state index in [0.29, 0.717) is 4.88 Å². The molecule has 0 bridgehead atoms. The van der Waals surface area contributed by atoms with E-state index in [1.54, 1.807) is 0 Å². The highest BCUT2D eigenvalue weighted by atomic mass is 32.1. The quantitative estimate of drug-likeness (QED) is 0.930. The molecule has 0 aromatic carbocycles.